The molecule has 1 saturated heterocycles. The minimum Gasteiger partial charge on any atom is -0.454 e. The average Bonchev–Trinajstić information content (AvgIpc) is 3.33. The Hall–Kier alpha value is -3.16. The number of ether oxygens (including phenoxy) is 1. The van der Waals surface area contributed by atoms with Crippen LogP contribution in [-0.2, 0) is 11.3 Å². The van der Waals surface area contributed by atoms with Gasteiger partial charge in [-0.15, -0.1) is 0 Å². The SMILES string of the molecule is CCn1c(C)cc(C(=O)COC(=O)c2cc([N+](=O)[O-])ccc2N2CCCC2)c1C. The highest BCUT2D eigenvalue weighted by Crippen LogP contribution is 2.29. The number of hydrogen-bond donors (Lipinski definition) is 0. The molecule has 0 aliphatic carbocycles. The van der Waals surface area contributed by atoms with Gasteiger partial charge in [-0.25, -0.2) is 4.79 Å². The number of nitro groups is 1. The minimum atomic E-state index is -0.728. The average molecular weight is 399 g/mol. The van der Waals surface area contributed by atoms with Gasteiger partial charge in [0.2, 0.25) is 5.78 Å². The van der Waals surface area contributed by atoms with E-state index in [1.54, 1.807) is 12.1 Å². The number of nitrogens with zero attached hydrogens (tertiary/aromatic N) is 3. The third-order valence-electron chi connectivity index (χ3n) is 5.38. The monoisotopic (exact) mass is 399 g/mol. The molecule has 0 unspecified atom stereocenters. The van der Waals surface area contributed by atoms with Crippen molar-refractivity contribution in [1.82, 2.24) is 4.57 Å². The van der Waals surface area contributed by atoms with Gasteiger partial charge in [-0.05, 0) is 45.7 Å². The first kappa shape index (κ1) is 20.6. The molecule has 0 spiro atoms. The van der Waals surface area contributed by atoms with E-state index in [4.69, 9.17) is 4.74 Å². The summed E-state index contributed by atoms with van der Waals surface area (Å²) in [7, 11) is 0. The van der Waals surface area contributed by atoms with Crippen LogP contribution in [0, 0.1) is 24.0 Å². The molecule has 8 heteroatoms. The molecule has 29 heavy (non-hydrogen) atoms. The normalized spacial score (nSPS) is 13.6. The maximum absolute atomic E-state index is 12.7. The van der Waals surface area contributed by atoms with Crippen LogP contribution in [0.15, 0.2) is 24.3 Å². The number of carbonyl (C=O) groups excluding carboxylic acids is 2. The maximum atomic E-state index is 12.7. The van der Waals surface area contributed by atoms with E-state index in [0.717, 1.165) is 43.9 Å². The van der Waals surface area contributed by atoms with E-state index in [-0.39, 0.29) is 17.0 Å². The Bertz CT molecular complexity index is 957. The molecule has 1 aromatic heterocycles. The molecule has 2 heterocycles. The van der Waals surface area contributed by atoms with E-state index < -0.39 is 17.5 Å². The summed E-state index contributed by atoms with van der Waals surface area (Å²) >= 11 is 0. The maximum Gasteiger partial charge on any atom is 0.340 e. The second-order valence-electron chi connectivity index (χ2n) is 7.18. The molecule has 1 fully saturated rings. The van der Waals surface area contributed by atoms with E-state index in [2.05, 4.69) is 0 Å². The summed E-state index contributed by atoms with van der Waals surface area (Å²) in [4.78, 5) is 37.9. The number of hydrogen-bond acceptors (Lipinski definition) is 6. The fraction of sp³-hybridized carbons (Fsp3) is 0.429. The minimum absolute atomic E-state index is 0.118. The van der Waals surface area contributed by atoms with Crippen molar-refractivity contribution in [2.75, 3.05) is 24.6 Å². The molecular weight excluding hydrogens is 374 g/mol. The number of aromatic nitrogens is 1. The zero-order valence-corrected chi connectivity index (χ0v) is 16.9. The lowest BCUT2D eigenvalue weighted by atomic mass is 10.1. The largest absolute Gasteiger partial charge is 0.454 e. The molecule has 154 valence electrons. The lowest BCUT2D eigenvalue weighted by Gasteiger charge is -2.20. The second-order valence-corrected chi connectivity index (χ2v) is 7.18. The molecule has 3 rings (SSSR count). The van der Waals surface area contributed by atoms with Gasteiger partial charge in [0.1, 0.15) is 0 Å². The van der Waals surface area contributed by atoms with Crippen LogP contribution in [0.3, 0.4) is 0 Å². The van der Waals surface area contributed by atoms with Gasteiger partial charge in [0.15, 0.2) is 6.61 Å². The number of non-ortho nitro benzene ring substituents is 1. The zero-order valence-electron chi connectivity index (χ0n) is 16.9. The highest BCUT2D eigenvalue weighted by atomic mass is 16.6. The third kappa shape index (κ3) is 4.16. The van der Waals surface area contributed by atoms with Crippen LogP contribution in [0.5, 0.6) is 0 Å². The summed E-state index contributed by atoms with van der Waals surface area (Å²) < 4.78 is 7.28. The van der Waals surface area contributed by atoms with Crippen molar-refractivity contribution >= 4 is 23.1 Å². The van der Waals surface area contributed by atoms with Gasteiger partial charge in [0.05, 0.1) is 16.2 Å². The molecule has 0 amide bonds. The molecule has 1 aliphatic heterocycles. The molecule has 0 saturated carbocycles. The van der Waals surface area contributed by atoms with E-state index in [9.17, 15) is 19.7 Å². The summed E-state index contributed by atoms with van der Waals surface area (Å²) in [5.41, 5.74) is 2.87. The van der Waals surface area contributed by atoms with Crippen LogP contribution in [-0.4, -0.2) is 40.9 Å². The van der Waals surface area contributed by atoms with Crippen LogP contribution in [0.4, 0.5) is 11.4 Å². The second kappa shape index (κ2) is 8.46. The quantitative estimate of drug-likeness (QED) is 0.305. The predicted octanol–water partition coefficient (Wildman–Crippen LogP) is 3.67. The number of ketones is 1. The van der Waals surface area contributed by atoms with Crippen molar-refractivity contribution in [3.8, 4) is 0 Å². The van der Waals surface area contributed by atoms with Crippen LogP contribution >= 0.6 is 0 Å². The van der Waals surface area contributed by atoms with Crippen molar-refractivity contribution < 1.29 is 19.2 Å². The topological polar surface area (TPSA) is 94.7 Å². The summed E-state index contributed by atoms with van der Waals surface area (Å²) in [5.74, 6) is -1.02. The number of benzene rings is 1. The van der Waals surface area contributed by atoms with E-state index in [1.807, 2.05) is 30.2 Å². The number of aryl methyl sites for hydroxylation is 1. The summed E-state index contributed by atoms with van der Waals surface area (Å²) in [6.45, 7) is 7.67. The number of Topliss-reactive ketones (excluding diaryl/α,β-unsaturated/α-hetero) is 1. The Kier molecular flexibility index (Phi) is 6.00. The van der Waals surface area contributed by atoms with E-state index in [0.29, 0.717) is 11.3 Å². The smallest absolute Gasteiger partial charge is 0.340 e. The van der Waals surface area contributed by atoms with Crippen molar-refractivity contribution in [1.29, 1.82) is 0 Å². The highest BCUT2D eigenvalue weighted by molar-refractivity contribution is 6.02. The summed E-state index contributed by atoms with van der Waals surface area (Å²) in [5, 5.41) is 11.1. The van der Waals surface area contributed by atoms with Crippen LogP contribution < -0.4 is 4.90 Å². The van der Waals surface area contributed by atoms with Gasteiger partial charge < -0.3 is 14.2 Å². The van der Waals surface area contributed by atoms with Crippen molar-refractivity contribution in [3.63, 3.8) is 0 Å². The van der Waals surface area contributed by atoms with Crippen molar-refractivity contribution in [3.05, 3.63) is 56.9 Å². The Morgan fingerprint density at radius 1 is 1.14 bits per heavy atom. The lowest BCUT2D eigenvalue weighted by molar-refractivity contribution is -0.384. The molecule has 1 aromatic carbocycles. The van der Waals surface area contributed by atoms with Crippen molar-refractivity contribution in [2.45, 2.75) is 40.2 Å². The molecule has 0 atom stereocenters. The lowest BCUT2D eigenvalue weighted by Crippen LogP contribution is -2.22. The van der Waals surface area contributed by atoms with Crippen molar-refractivity contribution in [2.24, 2.45) is 0 Å². The first-order valence-corrected chi connectivity index (χ1v) is 9.74. The molecule has 0 N–H and O–H groups in total. The van der Waals surface area contributed by atoms with Gasteiger partial charge in [-0.1, -0.05) is 0 Å². The van der Waals surface area contributed by atoms with Crippen LogP contribution in [0.1, 0.15) is 51.9 Å². The van der Waals surface area contributed by atoms with E-state index in [1.165, 1.54) is 12.1 Å². The standard InChI is InChI=1S/C21H25N3O5/c1-4-23-14(2)11-17(15(23)3)20(25)13-29-21(26)18-12-16(24(27)28)7-8-19(18)22-9-5-6-10-22/h7-8,11-12H,4-6,9-10,13H2,1-3H3. The summed E-state index contributed by atoms with van der Waals surface area (Å²) in [6.07, 6.45) is 1.99. The Labute approximate surface area is 169 Å². The Morgan fingerprint density at radius 2 is 1.83 bits per heavy atom. The predicted molar refractivity (Wildman–Crippen MR) is 109 cm³/mol. The fourth-order valence-corrected chi connectivity index (χ4v) is 3.89. The number of esters is 1. The first-order valence-electron chi connectivity index (χ1n) is 9.74. The fourth-order valence-electron chi connectivity index (χ4n) is 3.89. The molecule has 0 bridgehead atoms. The van der Waals surface area contributed by atoms with Gasteiger partial charge >= 0.3 is 5.97 Å². The Morgan fingerprint density at radius 3 is 2.41 bits per heavy atom. The van der Waals surface area contributed by atoms with Gasteiger partial charge in [0, 0.05) is 48.7 Å². The Balaban J connectivity index is 1.80. The number of anilines is 1. The molecular formula is C21H25N3O5. The highest BCUT2D eigenvalue weighted by Gasteiger charge is 2.24. The van der Waals surface area contributed by atoms with E-state index >= 15 is 0 Å². The van der Waals surface area contributed by atoms with Crippen LogP contribution in [0.25, 0.3) is 0 Å². The molecule has 8 nitrogen and oxygen atoms in total. The van der Waals surface area contributed by atoms with Gasteiger partial charge in [-0.3, -0.25) is 14.9 Å². The first-order chi connectivity index (χ1) is 13.8. The number of nitro benzene ring substituents is 1. The van der Waals surface area contributed by atoms with Gasteiger partial charge in [0.25, 0.3) is 5.69 Å². The summed E-state index contributed by atoms with van der Waals surface area (Å²) in [6, 6.07) is 5.98. The van der Waals surface area contributed by atoms with Gasteiger partial charge in [-0.2, -0.15) is 0 Å². The zero-order chi connectivity index (χ0) is 21.1. The number of carbonyl (C=O) groups is 2. The third-order valence-corrected chi connectivity index (χ3v) is 5.38. The molecule has 2 aromatic rings. The number of rotatable bonds is 7. The molecule has 1 aliphatic rings. The van der Waals surface area contributed by atoms with Crippen LogP contribution in [0.2, 0.25) is 0 Å². The molecule has 0 radical (unpaired) electrons.